The number of carbonyl (C=O) groups excluding carboxylic acids is 2. The normalized spacial score (nSPS) is 16.6. The molecule has 148 valence electrons. The summed E-state index contributed by atoms with van der Waals surface area (Å²) in [5.41, 5.74) is 8.36. The summed E-state index contributed by atoms with van der Waals surface area (Å²) in [4.78, 5) is 28.1. The van der Waals surface area contributed by atoms with E-state index in [1.165, 1.54) is 0 Å². The van der Waals surface area contributed by atoms with E-state index in [2.05, 4.69) is 0 Å². The molecule has 1 atom stereocenters. The van der Waals surface area contributed by atoms with Gasteiger partial charge in [0.2, 0.25) is 5.91 Å². The van der Waals surface area contributed by atoms with Gasteiger partial charge in [0.1, 0.15) is 0 Å². The van der Waals surface area contributed by atoms with Crippen LogP contribution in [-0.4, -0.2) is 37.2 Å². The molecule has 2 aromatic carbocycles. The molecule has 0 fully saturated rings. The number of thioether (sulfide) groups is 1. The number of ether oxygens (including phenoxy) is 1. The summed E-state index contributed by atoms with van der Waals surface area (Å²) in [6, 6.07) is 12.3. The van der Waals surface area contributed by atoms with Gasteiger partial charge in [0.25, 0.3) is 0 Å². The topological polar surface area (TPSA) is 72.6 Å². The van der Waals surface area contributed by atoms with Crippen molar-refractivity contribution in [2.75, 3.05) is 24.4 Å². The fraction of sp³-hybridized carbons (Fsp3) is 0.333. The molecule has 28 heavy (non-hydrogen) atoms. The molecule has 3 rings (SSSR count). The smallest absolute Gasteiger partial charge is 0.245 e. The van der Waals surface area contributed by atoms with E-state index in [0.29, 0.717) is 42.3 Å². The molecule has 2 N–H and O–H groups in total. The first kappa shape index (κ1) is 20.9. The zero-order valence-electron chi connectivity index (χ0n) is 15.7. The van der Waals surface area contributed by atoms with Crippen LogP contribution in [0.3, 0.4) is 0 Å². The standard InChI is InChI=1S/C21H23ClN2O3S/c1-27-10-2-3-19(25)15-6-9-20-18(11-15)24(21(26)17(23)13-28-20)12-14-4-7-16(22)8-5-14/h4-9,11,17H,2-3,10,12-13,23H2,1H3/t17-/m0/s1. The van der Waals surface area contributed by atoms with Crippen LogP contribution in [0.15, 0.2) is 47.4 Å². The number of halogens is 1. The van der Waals surface area contributed by atoms with Crippen LogP contribution in [0.4, 0.5) is 5.69 Å². The lowest BCUT2D eigenvalue weighted by Gasteiger charge is -2.25. The zero-order chi connectivity index (χ0) is 20.1. The number of fused-ring (bicyclic) bond motifs is 1. The second kappa shape index (κ2) is 9.56. The van der Waals surface area contributed by atoms with Gasteiger partial charge in [-0.25, -0.2) is 0 Å². The molecule has 1 heterocycles. The van der Waals surface area contributed by atoms with Gasteiger partial charge in [0.05, 0.1) is 18.3 Å². The van der Waals surface area contributed by atoms with Gasteiger partial charge < -0.3 is 15.4 Å². The van der Waals surface area contributed by atoms with Gasteiger partial charge in [-0.2, -0.15) is 0 Å². The van der Waals surface area contributed by atoms with E-state index in [-0.39, 0.29) is 11.7 Å². The van der Waals surface area contributed by atoms with E-state index in [4.69, 9.17) is 22.1 Å². The molecule has 0 aliphatic carbocycles. The molecular formula is C21H23ClN2O3S. The lowest BCUT2D eigenvalue weighted by atomic mass is 10.0. The minimum absolute atomic E-state index is 0.0392. The van der Waals surface area contributed by atoms with Gasteiger partial charge in [-0.3, -0.25) is 9.59 Å². The molecule has 5 nitrogen and oxygen atoms in total. The molecule has 7 heteroatoms. The number of carbonyl (C=O) groups is 2. The van der Waals surface area contributed by atoms with Gasteiger partial charge in [-0.15, -0.1) is 11.8 Å². The highest BCUT2D eigenvalue weighted by Crippen LogP contribution is 2.36. The average Bonchev–Trinajstić information content (AvgIpc) is 2.81. The number of nitrogens with zero attached hydrogens (tertiary/aromatic N) is 1. The summed E-state index contributed by atoms with van der Waals surface area (Å²) in [6.07, 6.45) is 1.07. The first-order chi connectivity index (χ1) is 13.5. The molecule has 0 unspecified atom stereocenters. The molecule has 0 bridgehead atoms. The van der Waals surface area contributed by atoms with E-state index in [9.17, 15) is 9.59 Å². The van der Waals surface area contributed by atoms with E-state index < -0.39 is 6.04 Å². The number of hydrogen-bond donors (Lipinski definition) is 1. The van der Waals surface area contributed by atoms with Crippen molar-refractivity contribution in [3.8, 4) is 0 Å². The van der Waals surface area contributed by atoms with Gasteiger partial charge in [-0.1, -0.05) is 29.8 Å². The minimum atomic E-state index is -0.592. The van der Waals surface area contributed by atoms with Crippen molar-refractivity contribution in [1.29, 1.82) is 0 Å². The first-order valence-corrected chi connectivity index (χ1v) is 10.5. The minimum Gasteiger partial charge on any atom is -0.385 e. The Balaban J connectivity index is 1.92. The zero-order valence-corrected chi connectivity index (χ0v) is 17.3. The lowest BCUT2D eigenvalue weighted by Crippen LogP contribution is -2.44. The largest absolute Gasteiger partial charge is 0.385 e. The summed E-state index contributed by atoms with van der Waals surface area (Å²) < 4.78 is 5.02. The predicted octanol–water partition coefficient (Wildman–Crippen LogP) is 3.92. The second-order valence-corrected chi connectivity index (χ2v) is 8.17. The van der Waals surface area contributed by atoms with Gasteiger partial charge in [-0.05, 0) is 36.2 Å². The second-order valence-electron chi connectivity index (χ2n) is 6.67. The van der Waals surface area contributed by atoms with Crippen LogP contribution in [0.25, 0.3) is 0 Å². The summed E-state index contributed by atoms with van der Waals surface area (Å²) in [5, 5.41) is 0.641. The summed E-state index contributed by atoms with van der Waals surface area (Å²) in [7, 11) is 1.62. The molecule has 0 radical (unpaired) electrons. The van der Waals surface area contributed by atoms with Gasteiger partial charge >= 0.3 is 0 Å². The van der Waals surface area contributed by atoms with Gasteiger partial charge in [0, 0.05) is 41.4 Å². The van der Waals surface area contributed by atoms with Crippen molar-refractivity contribution in [1.82, 2.24) is 0 Å². The summed E-state index contributed by atoms with van der Waals surface area (Å²) >= 11 is 7.51. The Kier molecular flexibility index (Phi) is 7.13. The molecule has 0 spiro atoms. The maximum absolute atomic E-state index is 12.9. The fourth-order valence-corrected chi connectivity index (χ4v) is 4.16. The Morgan fingerprint density at radius 2 is 2.04 bits per heavy atom. The first-order valence-electron chi connectivity index (χ1n) is 9.10. The van der Waals surface area contributed by atoms with Crippen LogP contribution in [-0.2, 0) is 16.1 Å². The van der Waals surface area contributed by atoms with Crippen molar-refractivity contribution >= 4 is 40.7 Å². The third kappa shape index (κ3) is 4.94. The number of methoxy groups -OCH3 is 1. The Hall–Kier alpha value is -1.86. The van der Waals surface area contributed by atoms with Crippen LogP contribution < -0.4 is 10.6 Å². The number of Topliss-reactive ketones (excluding diaryl/α,β-unsaturated/α-hetero) is 1. The molecule has 2 aromatic rings. The summed E-state index contributed by atoms with van der Waals surface area (Å²) in [5.74, 6) is 0.395. The van der Waals surface area contributed by atoms with E-state index >= 15 is 0 Å². The Morgan fingerprint density at radius 1 is 1.29 bits per heavy atom. The number of ketones is 1. The third-order valence-electron chi connectivity index (χ3n) is 4.58. The highest BCUT2D eigenvalue weighted by molar-refractivity contribution is 7.99. The summed E-state index contributed by atoms with van der Waals surface area (Å²) in [6.45, 7) is 0.918. The molecule has 0 aromatic heterocycles. The fourth-order valence-electron chi connectivity index (χ4n) is 3.05. The Morgan fingerprint density at radius 3 is 2.75 bits per heavy atom. The Labute approximate surface area is 174 Å². The number of amides is 1. The SMILES string of the molecule is COCCCC(=O)c1ccc2c(c1)N(Cc1ccc(Cl)cc1)C(=O)[C@@H](N)CS2. The maximum Gasteiger partial charge on any atom is 0.245 e. The molecule has 0 saturated heterocycles. The molecule has 1 aliphatic rings. The lowest BCUT2D eigenvalue weighted by molar-refractivity contribution is -0.119. The van der Waals surface area contributed by atoms with Crippen LogP contribution in [0.2, 0.25) is 5.02 Å². The maximum atomic E-state index is 12.9. The van der Waals surface area contributed by atoms with Crippen LogP contribution in [0.5, 0.6) is 0 Å². The number of rotatable bonds is 7. The molecule has 1 aliphatic heterocycles. The van der Waals surface area contributed by atoms with E-state index in [1.807, 2.05) is 30.3 Å². The third-order valence-corrected chi connectivity index (χ3v) is 6.01. The van der Waals surface area contributed by atoms with Crippen molar-refractivity contribution in [3.63, 3.8) is 0 Å². The number of nitrogens with two attached hydrogens (primary N) is 1. The van der Waals surface area contributed by atoms with Crippen molar-refractivity contribution in [2.45, 2.75) is 30.3 Å². The highest BCUT2D eigenvalue weighted by atomic mass is 35.5. The highest BCUT2D eigenvalue weighted by Gasteiger charge is 2.29. The average molecular weight is 419 g/mol. The monoisotopic (exact) mass is 418 g/mol. The van der Waals surface area contributed by atoms with Crippen molar-refractivity contribution < 1.29 is 14.3 Å². The quantitative estimate of drug-likeness (QED) is 0.545. The van der Waals surface area contributed by atoms with Crippen LogP contribution in [0.1, 0.15) is 28.8 Å². The predicted molar refractivity (Wildman–Crippen MR) is 113 cm³/mol. The van der Waals surface area contributed by atoms with E-state index in [1.54, 1.807) is 35.9 Å². The number of benzene rings is 2. The van der Waals surface area contributed by atoms with Crippen LogP contribution >= 0.6 is 23.4 Å². The van der Waals surface area contributed by atoms with Crippen molar-refractivity contribution in [3.05, 3.63) is 58.6 Å². The van der Waals surface area contributed by atoms with E-state index in [0.717, 1.165) is 16.1 Å². The molecule has 0 saturated carbocycles. The Bertz CT molecular complexity index is 857. The number of hydrogen-bond acceptors (Lipinski definition) is 5. The molecule has 1 amide bonds. The molecular weight excluding hydrogens is 396 g/mol. The van der Waals surface area contributed by atoms with Crippen molar-refractivity contribution in [2.24, 2.45) is 5.73 Å². The van der Waals surface area contributed by atoms with Crippen LogP contribution in [0, 0.1) is 0 Å². The van der Waals surface area contributed by atoms with Gasteiger partial charge in [0.15, 0.2) is 5.78 Å². The number of anilines is 1.